The lowest BCUT2D eigenvalue weighted by Gasteiger charge is -2.26. The monoisotopic (exact) mass is 280 g/mol. The standard InChI is InChI=1S/C16H28N2O2/c1-16(13-19,17-2)10-5-6-11-20-15-9-7-8-14(12-15)18(3)4/h7-9,12,17,19H,5-6,10-11,13H2,1-4H3. The summed E-state index contributed by atoms with van der Waals surface area (Å²) in [6.45, 7) is 2.91. The van der Waals surface area contributed by atoms with Gasteiger partial charge in [0.1, 0.15) is 5.75 Å². The third-order valence-corrected chi connectivity index (χ3v) is 3.68. The zero-order valence-electron chi connectivity index (χ0n) is 13.1. The molecule has 114 valence electrons. The van der Waals surface area contributed by atoms with Gasteiger partial charge in [0, 0.05) is 31.4 Å². The molecule has 0 aromatic heterocycles. The summed E-state index contributed by atoms with van der Waals surface area (Å²) in [6.07, 6.45) is 2.97. The van der Waals surface area contributed by atoms with Gasteiger partial charge in [-0.05, 0) is 45.4 Å². The first-order valence-corrected chi connectivity index (χ1v) is 7.21. The summed E-state index contributed by atoms with van der Waals surface area (Å²) in [7, 11) is 5.93. The molecule has 0 aliphatic carbocycles. The van der Waals surface area contributed by atoms with Crippen molar-refractivity contribution in [1.29, 1.82) is 0 Å². The minimum atomic E-state index is -0.176. The first kappa shape index (κ1) is 16.8. The van der Waals surface area contributed by atoms with E-state index in [2.05, 4.69) is 16.3 Å². The molecule has 0 radical (unpaired) electrons. The lowest BCUT2D eigenvalue weighted by atomic mass is 9.96. The van der Waals surface area contributed by atoms with Crippen molar-refractivity contribution in [2.45, 2.75) is 31.7 Å². The molecule has 0 aliphatic rings. The number of ether oxygens (including phenoxy) is 1. The summed E-state index contributed by atoms with van der Waals surface area (Å²) in [5.41, 5.74) is 0.968. The molecule has 1 aromatic carbocycles. The molecule has 1 aromatic rings. The average molecular weight is 280 g/mol. The van der Waals surface area contributed by atoms with E-state index in [0.29, 0.717) is 6.61 Å². The Labute approximate surface area is 122 Å². The fourth-order valence-corrected chi connectivity index (χ4v) is 1.94. The molecule has 0 aliphatic heterocycles. The van der Waals surface area contributed by atoms with Crippen molar-refractivity contribution in [2.24, 2.45) is 0 Å². The van der Waals surface area contributed by atoms with Gasteiger partial charge in [-0.2, -0.15) is 0 Å². The van der Waals surface area contributed by atoms with E-state index >= 15 is 0 Å². The highest BCUT2D eigenvalue weighted by Crippen LogP contribution is 2.20. The molecule has 1 rings (SSSR count). The number of nitrogens with zero attached hydrogens (tertiary/aromatic N) is 1. The van der Waals surface area contributed by atoms with Crippen LogP contribution in [-0.2, 0) is 0 Å². The van der Waals surface area contributed by atoms with Crippen LogP contribution in [0, 0.1) is 0 Å². The molecule has 0 saturated heterocycles. The average Bonchev–Trinajstić information content (AvgIpc) is 2.47. The van der Waals surface area contributed by atoms with E-state index in [1.165, 1.54) is 0 Å². The smallest absolute Gasteiger partial charge is 0.121 e. The summed E-state index contributed by atoms with van der Waals surface area (Å²) in [5.74, 6) is 0.912. The van der Waals surface area contributed by atoms with Crippen molar-refractivity contribution in [2.75, 3.05) is 39.3 Å². The first-order valence-electron chi connectivity index (χ1n) is 7.21. The van der Waals surface area contributed by atoms with E-state index in [1.54, 1.807) is 0 Å². The predicted molar refractivity (Wildman–Crippen MR) is 84.7 cm³/mol. The van der Waals surface area contributed by atoms with Crippen LogP contribution in [0.4, 0.5) is 5.69 Å². The van der Waals surface area contributed by atoms with Crippen LogP contribution in [0.2, 0.25) is 0 Å². The van der Waals surface area contributed by atoms with Crippen molar-refractivity contribution < 1.29 is 9.84 Å². The van der Waals surface area contributed by atoms with Gasteiger partial charge in [-0.25, -0.2) is 0 Å². The number of nitrogens with one attached hydrogen (secondary N) is 1. The molecular formula is C16H28N2O2. The molecule has 0 heterocycles. The molecule has 2 N–H and O–H groups in total. The van der Waals surface area contributed by atoms with Crippen LogP contribution in [0.3, 0.4) is 0 Å². The van der Waals surface area contributed by atoms with Gasteiger partial charge in [-0.1, -0.05) is 6.07 Å². The normalized spacial score (nSPS) is 13.8. The van der Waals surface area contributed by atoms with Crippen molar-refractivity contribution >= 4 is 5.69 Å². The second-order valence-corrected chi connectivity index (χ2v) is 5.67. The molecule has 20 heavy (non-hydrogen) atoms. The van der Waals surface area contributed by atoms with Gasteiger partial charge >= 0.3 is 0 Å². The van der Waals surface area contributed by atoms with Crippen LogP contribution < -0.4 is 15.0 Å². The lowest BCUT2D eigenvalue weighted by Crippen LogP contribution is -2.43. The molecule has 4 heteroatoms. The van der Waals surface area contributed by atoms with E-state index in [-0.39, 0.29) is 12.1 Å². The summed E-state index contributed by atoms with van der Waals surface area (Å²) < 4.78 is 5.77. The molecule has 1 unspecified atom stereocenters. The molecule has 0 bridgehead atoms. The van der Waals surface area contributed by atoms with Crippen molar-refractivity contribution in [3.8, 4) is 5.75 Å². The number of hydrogen-bond donors (Lipinski definition) is 2. The van der Waals surface area contributed by atoms with Gasteiger partial charge in [0.2, 0.25) is 0 Å². The Morgan fingerprint density at radius 3 is 2.65 bits per heavy atom. The summed E-state index contributed by atoms with van der Waals surface area (Å²) in [6, 6.07) is 8.10. The van der Waals surface area contributed by atoms with E-state index in [9.17, 15) is 5.11 Å². The maximum atomic E-state index is 9.30. The molecule has 1 atom stereocenters. The zero-order valence-corrected chi connectivity index (χ0v) is 13.1. The van der Waals surface area contributed by atoms with Gasteiger partial charge in [0.25, 0.3) is 0 Å². The molecule has 0 fully saturated rings. The third-order valence-electron chi connectivity index (χ3n) is 3.68. The number of likely N-dealkylation sites (N-methyl/N-ethyl adjacent to an activating group) is 1. The summed E-state index contributed by atoms with van der Waals surface area (Å²) >= 11 is 0. The van der Waals surface area contributed by atoms with Crippen LogP contribution in [0.15, 0.2) is 24.3 Å². The highest BCUT2D eigenvalue weighted by atomic mass is 16.5. The van der Waals surface area contributed by atoms with Crippen LogP contribution in [0.25, 0.3) is 0 Å². The number of rotatable bonds is 9. The second kappa shape index (κ2) is 8.12. The second-order valence-electron chi connectivity index (χ2n) is 5.67. The van der Waals surface area contributed by atoms with E-state index in [0.717, 1.165) is 30.7 Å². The number of aliphatic hydroxyl groups excluding tert-OH is 1. The Hall–Kier alpha value is -1.26. The van der Waals surface area contributed by atoms with Gasteiger partial charge in [0.05, 0.1) is 13.2 Å². The number of benzene rings is 1. The zero-order chi connectivity index (χ0) is 15.0. The van der Waals surface area contributed by atoms with Gasteiger partial charge < -0.3 is 20.1 Å². The van der Waals surface area contributed by atoms with Gasteiger partial charge in [-0.15, -0.1) is 0 Å². The number of aliphatic hydroxyl groups is 1. The maximum Gasteiger partial charge on any atom is 0.121 e. The Morgan fingerprint density at radius 2 is 2.05 bits per heavy atom. The summed E-state index contributed by atoms with van der Waals surface area (Å²) in [5, 5.41) is 12.5. The number of unbranched alkanes of at least 4 members (excludes halogenated alkanes) is 1. The minimum Gasteiger partial charge on any atom is -0.494 e. The predicted octanol–water partition coefficient (Wildman–Crippen LogP) is 2.27. The van der Waals surface area contributed by atoms with Crippen molar-refractivity contribution in [1.82, 2.24) is 5.32 Å². The number of anilines is 1. The minimum absolute atomic E-state index is 0.162. The Bertz CT molecular complexity index is 390. The van der Waals surface area contributed by atoms with Gasteiger partial charge in [0.15, 0.2) is 0 Å². The largest absolute Gasteiger partial charge is 0.494 e. The Kier molecular flexibility index (Phi) is 6.82. The van der Waals surface area contributed by atoms with Gasteiger partial charge in [-0.3, -0.25) is 0 Å². The molecular weight excluding hydrogens is 252 g/mol. The highest BCUT2D eigenvalue weighted by molar-refractivity contribution is 5.49. The topological polar surface area (TPSA) is 44.7 Å². The molecule has 0 amide bonds. The van der Waals surface area contributed by atoms with Crippen LogP contribution in [0.5, 0.6) is 5.75 Å². The fourth-order valence-electron chi connectivity index (χ4n) is 1.94. The van der Waals surface area contributed by atoms with Crippen LogP contribution >= 0.6 is 0 Å². The van der Waals surface area contributed by atoms with Crippen LogP contribution in [-0.4, -0.2) is 45.0 Å². The molecule has 0 spiro atoms. The van der Waals surface area contributed by atoms with Crippen molar-refractivity contribution in [3.05, 3.63) is 24.3 Å². The third kappa shape index (κ3) is 5.39. The number of hydrogen-bond acceptors (Lipinski definition) is 4. The first-order chi connectivity index (χ1) is 9.50. The highest BCUT2D eigenvalue weighted by Gasteiger charge is 2.19. The quantitative estimate of drug-likeness (QED) is 0.681. The Morgan fingerprint density at radius 1 is 1.30 bits per heavy atom. The van der Waals surface area contributed by atoms with E-state index < -0.39 is 0 Å². The molecule has 0 saturated carbocycles. The SMILES string of the molecule is CNC(C)(CO)CCCCOc1cccc(N(C)C)c1. The molecule has 4 nitrogen and oxygen atoms in total. The van der Waals surface area contributed by atoms with E-state index in [4.69, 9.17) is 4.74 Å². The fraction of sp³-hybridized carbons (Fsp3) is 0.625. The summed E-state index contributed by atoms with van der Waals surface area (Å²) in [4.78, 5) is 2.06. The van der Waals surface area contributed by atoms with E-state index in [1.807, 2.05) is 46.3 Å². The Balaban J connectivity index is 2.29. The maximum absolute atomic E-state index is 9.30. The lowest BCUT2D eigenvalue weighted by molar-refractivity contribution is 0.168. The van der Waals surface area contributed by atoms with Crippen LogP contribution in [0.1, 0.15) is 26.2 Å². The van der Waals surface area contributed by atoms with Crippen molar-refractivity contribution in [3.63, 3.8) is 0 Å².